The first-order chi connectivity index (χ1) is 11.4. The minimum absolute atomic E-state index is 0.0447. The van der Waals surface area contributed by atoms with E-state index < -0.39 is 10.0 Å². The highest BCUT2D eigenvalue weighted by Gasteiger charge is 2.27. The predicted octanol–water partition coefficient (Wildman–Crippen LogP) is 1.99. The second-order valence-corrected chi connectivity index (χ2v) is 8.28. The number of piperazine rings is 1. The van der Waals surface area contributed by atoms with E-state index in [0.29, 0.717) is 50.7 Å². The zero-order chi connectivity index (χ0) is 17.6. The molecule has 8 heteroatoms. The number of amides is 1. The number of ether oxygens (including phenoxy) is 1. The van der Waals surface area contributed by atoms with Crippen LogP contribution in [0.5, 0.6) is 5.75 Å². The van der Waals surface area contributed by atoms with Crippen LogP contribution in [0.2, 0.25) is 5.02 Å². The number of carbonyl (C=O) groups is 1. The molecular formula is C16H23ClN2O4S. The largest absolute Gasteiger partial charge is 0.494 e. The van der Waals surface area contributed by atoms with Crippen LogP contribution in [-0.2, 0) is 14.8 Å². The van der Waals surface area contributed by atoms with Crippen molar-refractivity contribution < 1.29 is 17.9 Å². The number of benzene rings is 1. The molecule has 1 aliphatic heterocycles. The average Bonchev–Trinajstić information content (AvgIpc) is 2.60. The summed E-state index contributed by atoms with van der Waals surface area (Å²) in [4.78, 5) is 13.9. The van der Waals surface area contributed by atoms with Crippen molar-refractivity contribution in [2.75, 3.05) is 38.5 Å². The fraction of sp³-hybridized carbons (Fsp3) is 0.562. The lowest BCUT2D eigenvalue weighted by molar-refractivity contribution is -0.132. The van der Waals surface area contributed by atoms with E-state index in [1.807, 2.05) is 0 Å². The quantitative estimate of drug-likeness (QED) is 0.684. The molecule has 0 saturated carbocycles. The van der Waals surface area contributed by atoms with E-state index in [2.05, 4.69) is 0 Å². The van der Waals surface area contributed by atoms with Crippen LogP contribution >= 0.6 is 11.6 Å². The third-order valence-corrected chi connectivity index (χ3v) is 6.10. The number of carbonyl (C=O) groups excluding carboxylic acids is 1. The van der Waals surface area contributed by atoms with Crippen LogP contribution in [0.4, 0.5) is 0 Å². The van der Waals surface area contributed by atoms with Gasteiger partial charge in [-0.15, -0.1) is 0 Å². The molecular weight excluding hydrogens is 352 g/mol. The summed E-state index contributed by atoms with van der Waals surface area (Å²) < 4.78 is 30.6. The zero-order valence-electron chi connectivity index (χ0n) is 13.8. The Hall–Kier alpha value is -1.31. The van der Waals surface area contributed by atoms with Crippen molar-refractivity contribution in [1.29, 1.82) is 0 Å². The van der Waals surface area contributed by atoms with Gasteiger partial charge in [-0.25, -0.2) is 8.42 Å². The molecule has 0 atom stereocenters. The van der Waals surface area contributed by atoms with Gasteiger partial charge in [0.2, 0.25) is 15.9 Å². The molecule has 1 heterocycles. The molecule has 1 amide bonds. The monoisotopic (exact) mass is 374 g/mol. The van der Waals surface area contributed by atoms with Crippen LogP contribution in [0.1, 0.15) is 19.8 Å². The SMILES string of the molecule is CCS(=O)(=O)N1CCN(C(=O)CCCOc2ccc(Cl)cc2)CC1. The van der Waals surface area contributed by atoms with E-state index >= 15 is 0 Å². The van der Waals surface area contributed by atoms with E-state index in [4.69, 9.17) is 16.3 Å². The molecule has 0 aromatic heterocycles. The molecule has 1 aromatic rings. The molecule has 6 nitrogen and oxygen atoms in total. The molecule has 0 unspecified atom stereocenters. The fourth-order valence-electron chi connectivity index (χ4n) is 2.50. The van der Waals surface area contributed by atoms with Gasteiger partial charge in [-0.3, -0.25) is 4.79 Å². The highest BCUT2D eigenvalue weighted by atomic mass is 35.5. The Morgan fingerprint density at radius 1 is 1.17 bits per heavy atom. The molecule has 1 saturated heterocycles. The van der Waals surface area contributed by atoms with Crippen LogP contribution in [0.25, 0.3) is 0 Å². The van der Waals surface area contributed by atoms with E-state index in [1.165, 1.54) is 4.31 Å². The van der Waals surface area contributed by atoms with Crippen LogP contribution in [-0.4, -0.2) is 62.1 Å². The lowest BCUT2D eigenvalue weighted by atomic mass is 10.2. The molecule has 2 rings (SSSR count). The predicted molar refractivity (Wildman–Crippen MR) is 93.8 cm³/mol. The summed E-state index contributed by atoms with van der Waals surface area (Å²) in [6, 6.07) is 7.09. The minimum atomic E-state index is -3.16. The second kappa shape index (κ2) is 8.69. The Kier molecular flexibility index (Phi) is 6.89. The Morgan fingerprint density at radius 3 is 2.38 bits per heavy atom. The van der Waals surface area contributed by atoms with Crippen LogP contribution < -0.4 is 4.74 Å². The molecule has 0 N–H and O–H groups in total. The van der Waals surface area contributed by atoms with Crippen molar-refractivity contribution in [1.82, 2.24) is 9.21 Å². The van der Waals surface area contributed by atoms with Crippen molar-refractivity contribution in [3.8, 4) is 5.75 Å². The summed E-state index contributed by atoms with van der Waals surface area (Å²) in [7, 11) is -3.16. The lowest BCUT2D eigenvalue weighted by Gasteiger charge is -2.33. The summed E-state index contributed by atoms with van der Waals surface area (Å²) >= 11 is 5.80. The number of hydrogen-bond donors (Lipinski definition) is 0. The van der Waals surface area contributed by atoms with E-state index in [0.717, 1.165) is 5.75 Å². The van der Waals surface area contributed by atoms with Gasteiger partial charge in [-0.1, -0.05) is 11.6 Å². The maximum atomic E-state index is 12.2. The van der Waals surface area contributed by atoms with Gasteiger partial charge >= 0.3 is 0 Å². The van der Waals surface area contributed by atoms with Crippen molar-refractivity contribution >= 4 is 27.5 Å². The zero-order valence-corrected chi connectivity index (χ0v) is 15.4. The summed E-state index contributed by atoms with van der Waals surface area (Å²) in [5, 5.41) is 0.654. The second-order valence-electron chi connectivity index (χ2n) is 5.59. The number of sulfonamides is 1. The van der Waals surface area contributed by atoms with Crippen LogP contribution in [0.3, 0.4) is 0 Å². The maximum Gasteiger partial charge on any atom is 0.222 e. The van der Waals surface area contributed by atoms with Gasteiger partial charge in [0, 0.05) is 37.6 Å². The highest BCUT2D eigenvalue weighted by Crippen LogP contribution is 2.16. The first kappa shape index (κ1) is 19.0. The Labute approximate surface area is 148 Å². The summed E-state index contributed by atoms with van der Waals surface area (Å²) in [5.74, 6) is 0.872. The van der Waals surface area contributed by atoms with Gasteiger partial charge in [-0.2, -0.15) is 4.31 Å². The summed E-state index contributed by atoms with van der Waals surface area (Å²) in [5.41, 5.74) is 0. The molecule has 1 aromatic carbocycles. The van der Waals surface area contributed by atoms with Crippen LogP contribution in [0, 0.1) is 0 Å². The van der Waals surface area contributed by atoms with Gasteiger partial charge in [0.05, 0.1) is 12.4 Å². The normalized spacial score (nSPS) is 16.2. The highest BCUT2D eigenvalue weighted by molar-refractivity contribution is 7.89. The summed E-state index contributed by atoms with van der Waals surface area (Å²) in [6.45, 7) is 3.75. The molecule has 1 fully saturated rings. The van der Waals surface area contributed by atoms with E-state index in [-0.39, 0.29) is 11.7 Å². The standard InChI is InChI=1S/C16H23ClN2O4S/c1-2-24(21,22)19-11-9-18(10-12-19)16(20)4-3-13-23-15-7-5-14(17)6-8-15/h5-8H,2-4,9-13H2,1H3. The van der Waals surface area contributed by atoms with Gasteiger partial charge in [0.1, 0.15) is 5.75 Å². The minimum Gasteiger partial charge on any atom is -0.494 e. The first-order valence-electron chi connectivity index (χ1n) is 8.06. The first-order valence-corrected chi connectivity index (χ1v) is 10.0. The molecule has 0 bridgehead atoms. The lowest BCUT2D eigenvalue weighted by Crippen LogP contribution is -2.50. The Morgan fingerprint density at radius 2 is 1.79 bits per heavy atom. The Balaban J connectivity index is 1.67. The molecule has 134 valence electrons. The van der Waals surface area contributed by atoms with Crippen molar-refractivity contribution in [2.45, 2.75) is 19.8 Å². The summed E-state index contributed by atoms with van der Waals surface area (Å²) in [6.07, 6.45) is 1.02. The maximum absolute atomic E-state index is 12.2. The third-order valence-electron chi connectivity index (χ3n) is 3.97. The van der Waals surface area contributed by atoms with Gasteiger partial charge in [0.25, 0.3) is 0 Å². The number of hydrogen-bond acceptors (Lipinski definition) is 4. The number of rotatable bonds is 7. The number of halogens is 1. The number of nitrogens with zero attached hydrogens (tertiary/aromatic N) is 2. The van der Waals surface area contributed by atoms with Gasteiger partial charge < -0.3 is 9.64 Å². The van der Waals surface area contributed by atoms with Gasteiger partial charge in [0.15, 0.2) is 0 Å². The molecule has 0 aliphatic carbocycles. The molecule has 24 heavy (non-hydrogen) atoms. The van der Waals surface area contributed by atoms with Crippen molar-refractivity contribution in [3.05, 3.63) is 29.3 Å². The van der Waals surface area contributed by atoms with Crippen LogP contribution in [0.15, 0.2) is 24.3 Å². The third kappa shape index (κ3) is 5.36. The Bertz CT molecular complexity index is 641. The van der Waals surface area contributed by atoms with Crippen molar-refractivity contribution in [2.24, 2.45) is 0 Å². The smallest absolute Gasteiger partial charge is 0.222 e. The molecule has 0 spiro atoms. The topological polar surface area (TPSA) is 66.9 Å². The van der Waals surface area contributed by atoms with Gasteiger partial charge in [-0.05, 0) is 37.6 Å². The van der Waals surface area contributed by atoms with E-state index in [1.54, 1.807) is 36.1 Å². The molecule has 0 radical (unpaired) electrons. The molecule has 1 aliphatic rings. The fourth-order valence-corrected chi connectivity index (χ4v) is 3.71. The van der Waals surface area contributed by atoms with E-state index in [9.17, 15) is 13.2 Å². The average molecular weight is 375 g/mol. The van der Waals surface area contributed by atoms with Crippen molar-refractivity contribution in [3.63, 3.8) is 0 Å².